The van der Waals surface area contributed by atoms with Gasteiger partial charge < -0.3 is 4.74 Å². The molecule has 37 heavy (non-hydrogen) atoms. The molecule has 4 rings (SSSR count). The number of alkyl halides is 3. The van der Waals surface area contributed by atoms with Crippen molar-refractivity contribution >= 4 is 17.3 Å². The normalized spacial score (nSPS) is 18.9. The Morgan fingerprint density at radius 1 is 1.11 bits per heavy atom. The van der Waals surface area contributed by atoms with Gasteiger partial charge in [-0.25, -0.2) is 0 Å². The lowest BCUT2D eigenvalue weighted by Crippen LogP contribution is -2.42. The van der Waals surface area contributed by atoms with E-state index in [-0.39, 0.29) is 24.2 Å². The molecular weight excluding hydrogens is 495 g/mol. The fourth-order valence-electron chi connectivity index (χ4n) is 4.65. The van der Waals surface area contributed by atoms with Crippen LogP contribution in [0.25, 0.3) is 10.4 Å². The van der Waals surface area contributed by atoms with Crippen molar-refractivity contribution < 1.29 is 22.7 Å². The number of hydrogen-bond acceptors (Lipinski definition) is 4. The van der Waals surface area contributed by atoms with E-state index in [0.29, 0.717) is 19.4 Å². The van der Waals surface area contributed by atoms with Crippen molar-refractivity contribution in [3.63, 3.8) is 0 Å². The van der Waals surface area contributed by atoms with Crippen LogP contribution in [0.1, 0.15) is 55.5 Å². The van der Waals surface area contributed by atoms with E-state index in [1.54, 1.807) is 11.3 Å². The lowest BCUT2D eigenvalue weighted by atomic mass is 9.89. The van der Waals surface area contributed by atoms with Crippen LogP contribution in [0.15, 0.2) is 78.2 Å². The van der Waals surface area contributed by atoms with E-state index in [9.17, 15) is 18.0 Å². The summed E-state index contributed by atoms with van der Waals surface area (Å²) < 4.78 is 45.1. The third kappa shape index (κ3) is 6.71. The summed E-state index contributed by atoms with van der Waals surface area (Å²) in [5.41, 5.74) is 2.84. The summed E-state index contributed by atoms with van der Waals surface area (Å²) in [6.07, 6.45) is -3.67. The van der Waals surface area contributed by atoms with E-state index >= 15 is 0 Å². The van der Waals surface area contributed by atoms with Gasteiger partial charge in [0.2, 0.25) is 0 Å². The van der Waals surface area contributed by atoms with Crippen LogP contribution < -0.4 is 0 Å². The van der Waals surface area contributed by atoms with Gasteiger partial charge in [0.15, 0.2) is 0 Å². The monoisotopic (exact) mass is 523 g/mol. The summed E-state index contributed by atoms with van der Waals surface area (Å²) in [5, 5.41) is 2.03. The van der Waals surface area contributed by atoms with Crippen LogP contribution in [0.3, 0.4) is 0 Å². The van der Waals surface area contributed by atoms with Crippen molar-refractivity contribution in [2.75, 3.05) is 6.54 Å². The molecule has 1 fully saturated rings. The molecule has 0 aliphatic carbocycles. The molecule has 3 aromatic rings. The van der Waals surface area contributed by atoms with Crippen LogP contribution in [0.5, 0.6) is 0 Å². The smallest absolute Gasteiger partial charge is 0.416 e. The number of ether oxygens (including phenoxy) is 1. The van der Waals surface area contributed by atoms with Crippen LogP contribution in [0.4, 0.5) is 13.2 Å². The second-order valence-corrected chi connectivity index (χ2v) is 10.1. The number of rotatable bonds is 5. The highest BCUT2D eigenvalue weighted by Gasteiger charge is 2.36. The van der Waals surface area contributed by atoms with Gasteiger partial charge in [0, 0.05) is 30.8 Å². The highest BCUT2D eigenvalue weighted by Crippen LogP contribution is 2.40. The fraction of sp³-hybridized carbons (Fsp3) is 0.300. The predicted molar refractivity (Wildman–Crippen MR) is 141 cm³/mol. The molecular formula is C30H28F3NO2S. The minimum absolute atomic E-state index is 0.290. The number of thiophene rings is 1. The van der Waals surface area contributed by atoms with Crippen molar-refractivity contribution in [3.05, 3.63) is 94.9 Å². The predicted octanol–water partition coefficient (Wildman–Crippen LogP) is 7.82. The molecule has 0 radical (unpaired) electrons. The van der Waals surface area contributed by atoms with Gasteiger partial charge in [-0.05, 0) is 59.2 Å². The van der Waals surface area contributed by atoms with Gasteiger partial charge in [0.05, 0.1) is 11.6 Å². The molecule has 0 spiro atoms. The Balaban J connectivity index is 1.72. The molecule has 1 aromatic heterocycles. The Labute approximate surface area is 219 Å². The quantitative estimate of drug-likeness (QED) is 0.252. The van der Waals surface area contributed by atoms with Gasteiger partial charge in [0.25, 0.3) is 0 Å². The number of carbonyl (C=O) groups excluding carboxylic acids is 1. The molecule has 3 nitrogen and oxygen atoms in total. The molecule has 0 saturated carbocycles. The molecule has 2 heterocycles. The molecule has 3 atom stereocenters. The average molecular weight is 524 g/mol. The topological polar surface area (TPSA) is 29.5 Å². The van der Waals surface area contributed by atoms with Gasteiger partial charge in [-0.2, -0.15) is 13.2 Å². The summed E-state index contributed by atoms with van der Waals surface area (Å²) in [4.78, 5) is 15.0. The molecule has 1 saturated heterocycles. The highest BCUT2D eigenvalue weighted by molar-refractivity contribution is 7.13. The van der Waals surface area contributed by atoms with E-state index in [1.807, 2.05) is 18.4 Å². The van der Waals surface area contributed by atoms with E-state index in [2.05, 4.69) is 53.7 Å². The van der Waals surface area contributed by atoms with Crippen molar-refractivity contribution in [3.8, 4) is 22.3 Å². The number of carbonyl (C=O) groups is 1. The van der Waals surface area contributed by atoms with Crippen molar-refractivity contribution in [1.29, 1.82) is 0 Å². The van der Waals surface area contributed by atoms with Crippen LogP contribution >= 0.6 is 11.3 Å². The standard InChI is InChI=1S/C30H28F3NO2S/c1-20(2)6-15-27(22-7-9-24(10-8-22)29-5-4-18-37-29)34-17-16-26(36-21(3)35)19-28(34)23-11-13-25(14-12-23)30(31,32)33/h4-5,7-14,18,26-28H,1,16-17,19H2,2-3H3/t26-,27-,28+/m1/s1. The highest BCUT2D eigenvalue weighted by atomic mass is 32.1. The van der Waals surface area contributed by atoms with Crippen LogP contribution in [-0.4, -0.2) is 23.5 Å². The first kappa shape index (κ1) is 26.7. The number of allylic oxidation sites excluding steroid dienone is 1. The SMILES string of the molecule is C=C(C)C#C[C@H](c1ccc(-c2cccs2)cc1)N1CC[C@@H](OC(C)=O)C[C@H]1c1ccc(C(F)(F)F)cc1. The largest absolute Gasteiger partial charge is 0.462 e. The van der Waals surface area contributed by atoms with Crippen LogP contribution in [-0.2, 0) is 15.7 Å². The van der Waals surface area contributed by atoms with Gasteiger partial charge in [-0.15, -0.1) is 11.3 Å². The maximum absolute atomic E-state index is 13.2. The lowest BCUT2D eigenvalue weighted by Gasteiger charge is -2.42. The first-order valence-electron chi connectivity index (χ1n) is 12.0. The molecule has 7 heteroatoms. The molecule has 2 aromatic carbocycles. The molecule has 0 amide bonds. The van der Waals surface area contributed by atoms with Gasteiger partial charge in [0.1, 0.15) is 6.10 Å². The average Bonchev–Trinajstić information content (AvgIpc) is 3.39. The van der Waals surface area contributed by atoms with E-state index in [1.165, 1.54) is 23.9 Å². The zero-order valence-electron chi connectivity index (χ0n) is 20.7. The summed E-state index contributed by atoms with van der Waals surface area (Å²) in [5.74, 6) is 6.08. The first-order chi connectivity index (χ1) is 17.6. The minimum Gasteiger partial charge on any atom is -0.462 e. The number of nitrogens with zero attached hydrogens (tertiary/aromatic N) is 1. The van der Waals surface area contributed by atoms with Crippen molar-refractivity contribution in [1.82, 2.24) is 4.90 Å². The Morgan fingerprint density at radius 3 is 2.38 bits per heavy atom. The number of likely N-dealkylation sites (tertiary alicyclic amines) is 1. The van der Waals surface area contributed by atoms with Crippen LogP contribution in [0.2, 0.25) is 0 Å². The van der Waals surface area contributed by atoms with Crippen molar-refractivity contribution in [2.24, 2.45) is 0 Å². The molecule has 0 N–H and O–H groups in total. The second kappa shape index (κ2) is 11.4. The molecule has 192 valence electrons. The molecule has 1 aliphatic rings. The Morgan fingerprint density at radius 2 is 1.81 bits per heavy atom. The summed E-state index contributed by atoms with van der Waals surface area (Å²) >= 11 is 1.67. The van der Waals surface area contributed by atoms with E-state index < -0.39 is 11.7 Å². The molecule has 0 bridgehead atoms. The Hall–Kier alpha value is -3.34. The molecule has 0 unspecified atom stereocenters. The second-order valence-electron chi connectivity index (χ2n) is 9.18. The third-order valence-electron chi connectivity index (χ3n) is 6.34. The zero-order valence-corrected chi connectivity index (χ0v) is 21.5. The number of benzene rings is 2. The van der Waals surface area contributed by atoms with E-state index in [0.717, 1.165) is 34.4 Å². The molecule has 1 aliphatic heterocycles. The lowest BCUT2D eigenvalue weighted by molar-refractivity contribution is -0.150. The number of halogens is 3. The van der Waals surface area contributed by atoms with Crippen LogP contribution in [0, 0.1) is 11.8 Å². The number of esters is 1. The van der Waals surface area contributed by atoms with Gasteiger partial charge in [-0.3, -0.25) is 9.69 Å². The fourth-order valence-corrected chi connectivity index (χ4v) is 5.38. The number of piperidine rings is 1. The maximum atomic E-state index is 13.2. The maximum Gasteiger partial charge on any atom is 0.416 e. The first-order valence-corrected chi connectivity index (χ1v) is 12.9. The number of hydrogen-bond donors (Lipinski definition) is 0. The summed E-state index contributed by atoms with van der Waals surface area (Å²) in [7, 11) is 0. The van der Waals surface area contributed by atoms with Gasteiger partial charge in [-0.1, -0.05) is 60.9 Å². The third-order valence-corrected chi connectivity index (χ3v) is 7.26. The summed E-state index contributed by atoms with van der Waals surface area (Å²) in [6, 6.07) is 16.9. The van der Waals surface area contributed by atoms with E-state index in [4.69, 9.17) is 4.74 Å². The zero-order chi connectivity index (χ0) is 26.6. The summed E-state index contributed by atoms with van der Waals surface area (Å²) in [6.45, 7) is 7.68. The minimum atomic E-state index is -4.41. The van der Waals surface area contributed by atoms with Gasteiger partial charge >= 0.3 is 12.1 Å². The Bertz CT molecular complexity index is 1290. The van der Waals surface area contributed by atoms with Crippen molar-refractivity contribution in [2.45, 2.75) is 51.1 Å². The Kier molecular flexibility index (Phi) is 8.21.